The molecule has 0 aliphatic rings. The first kappa shape index (κ1) is 9.81. The van der Waals surface area contributed by atoms with Crippen LogP contribution in [0.4, 0.5) is 0 Å². The first-order valence-corrected chi connectivity index (χ1v) is 4.19. The van der Waals surface area contributed by atoms with E-state index >= 15 is 0 Å². The van der Waals surface area contributed by atoms with E-state index in [2.05, 4.69) is 6.58 Å². The number of para-hydroxylation sites is 1. The van der Waals surface area contributed by atoms with Gasteiger partial charge in [-0.25, -0.2) is 0 Å². The summed E-state index contributed by atoms with van der Waals surface area (Å²) in [6.45, 7) is 5.22. The van der Waals surface area contributed by atoms with Gasteiger partial charge in [0.25, 0.3) is 0 Å². The molecule has 0 saturated heterocycles. The summed E-state index contributed by atoms with van der Waals surface area (Å²) in [5, 5.41) is 19.4. The first-order chi connectivity index (χ1) is 6.08. The Kier molecular flexibility index (Phi) is 2.73. The van der Waals surface area contributed by atoms with Crippen molar-refractivity contribution in [2.45, 2.75) is 18.9 Å². The lowest BCUT2D eigenvalue weighted by molar-refractivity contribution is 0.0581. The molecule has 13 heavy (non-hydrogen) atoms. The largest absolute Gasteiger partial charge is 0.508 e. The van der Waals surface area contributed by atoms with Gasteiger partial charge in [0, 0.05) is 5.56 Å². The van der Waals surface area contributed by atoms with Crippen molar-refractivity contribution in [1.82, 2.24) is 0 Å². The van der Waals surface area contributed by atoms with Crippen LogP contribution in [0, 0.1) is 0 Å². The van der Waals surface area contributed by atoms with Gasteiger partial charge in [-0.3, -0.25) is 0 Å². The normalized spacial score (nSPS) is 14.9. The van der Waals surface area contributed by atoms with Crippen molar-refractivity contribution in [3.8, 4) is 5.75 Å². The highest BCUT2D eigenvalue weighted by Crippen LogP contribution is 2.31. The van der Waals surface area contributed by atoms with Gasteiger partial charge in [0.2, 0.25) is 0 Å². The van der Waals surface area contributed by atoms with E-state index in [1.807, 2.05) is 0 Å². The maximum atomic E-state index is 9.94. The maximum absolute atomic E-state index is 9.94. The van der Waals surface area contributed by atoms with Crippen molar-refractivity contribution in [3.05, 3.63) is 42.5 Å². The predicted molar refractivity (Wildman–Crippen MR) is 52.5 cm³/mol. The van der Waals surface area contributed by atoms with Gasteiger partial charge in [-0.05, 0) is 19.4 Å². The highest BCUT2D eigenvalue weighted by Gasteiger charge is 2.23. The van der Waals surface area contributed by atoms with Crippen LogP contribution in [0.1, 0.15) is 18.9 Å². The second kappa shape index (κ2) is 3.62. The Bertz CT molecular complexity index is 303. The second-order valence-electron chi connectivity index (χ2n) is 3.28. The predicted octanol–water partition coefficient (Wildman–Crippen LogP) is 2.18. The molecule has 0 amide bonds. The fraction of sp³-hybridized carbons (Fsp3) is 0.273. The van der Waals surface area contributed by atoms with Crippen molar-refractivity contribution >= 4 is 0 Å². The zero-order valence-corrected chi connectivity index (χ0v) is 7.70. The summed E-state index contributed by atoms with van der Waals surface area (Å²) in [5.41, 5.74) is -0.498. The van der Waals surface area contributed by atoms with E-state index < -0.39 is 5.60 Å². The molecule has 0 fully saturated rings. The van der Waals surface area contributed by atoms with Gasteiger partial charge in [-0.1, -0.05) is 24.3 Å². The van der Waals surface area contributed by atoms with Crippen LogP contribution in [0.25, 0.3) is 0 Å². The van der Waals surface area contributed by atoms with Gasteiger partial charge in [-0.15, -0.1) is 6.58 Å². The van der Waals surface area contributed by atoms with Crippen LogP contribution in [0.2, 0.25) is 0 Å². The molecule has 0 unspecified atom stereocenters. The van der Waals surface area contributed by atoms with E-state index in [4.69, 9.17) is 0 Å². The molecule has 0 aliphatic carbocycles. The average molecular weight is 178 g/mol. The molecule has 1 aromatic rings. The lowest BCUT2D eigenvalue weighted by Crippen LogP contribution is -2.19. The van der Waals surface area contributed by atoms with E-state index in [0.29, 0.717) is 12.0 Å². The van der Waals surface area contributed by atoms with E-state index in [1.165, 1.54) is 0 Å². The lowest BCUT2D eigenvalue weighted by Gasteiger charge is -2.22. The Morgan fingerprint density at radius 1 is 1.46 bits per heavy atom. The Labute approximate surface area is 78.2 Å². The topological polar surface area (TPSA) is 40.5 Å². The molecule has 0 aromatic heterocycles. The number of rotatable bonds is 3. The SMILES string of the molecule is C=CC[C@](C)(O)c1ccccc1O. The summed E-state index contributed by atoms with van der Waals surface area (Å²) >= 11 is 0. The van der Waals surface area contributed by atoms with Crippen molar-refractivity contribution in [3.63, 3.8) is 0 Å². The van der Waals surface area contributed by atoms with Gasteiger partial charge >= 0.3 is 0 Å². The minimum absolute atomic E-state index is 0.120. The number of aromatic hydroxyl groups is 1. The van der Waals surface area contributed by atoms with Crippen LogP contribution in [0.5, 0.6) is 5.75 Å². The Hall–Kier alpha value is -1.28. The van der Waals surface area contributed by atoms with Crippen molar-refractivity contribution < 1.29 is 10.2 Å². The van der Waals surface area contributed by atoms with Crippen LogP contribution in [-0.4, -0.2) is 10.2 Å². The summed E-state index contributed by atoms with van der Waals surface area (Å²) < 4.78 is 0. The number of phenols is 1. The summed E-state index contributed by atoms with van der Waals surface area (Å²) in [4.78, 5) is 0. The van der Waals surface area contributed by atoms with Crippen LogP contribution >= 0.6 is 0 Å². The third kappa shape index (κ3) is 2.10. The van der Waals surface area contributed by atoms with Crippen LogP contribution < -0.4 is 0 Å². The molecule has 1 aromatic carbocycles. The fourth-order valence-corrected chi connectivity index (χ4v) is 1.32. The second-order valence-corrected chi connectivity index (χ2v) is 3.28. The number of hydrogen-bond acceptors (Lipinski definition) is 2. The Morgan fingerprint density at radius 3 is 2.62 bits per heavy atom. The van der Waals surface area contributed by atoms with E-state index in [-0.39, 0.29) is 5.75 Å². The molecule has 0 saturated carbocycles. The molecule has 1 atom stereocenters. The number of hydrogen-bond donors (Lipinski definition) is 2. The molecule has 0 radical (unpaired) electrons. The molecule has 2 heteroatoms. The minimum atomic E-state index is -1.03. The average Bonchev–Trinajstić information content (AvgIpc) is 2.04. The molecular weight excluding hydrogens is 164 g/mol. The molecule has 0 bridgehead atoms. The lowest BCUT2D eigenvalue weighted by atomic mass is 9.92. The monoisotopic (exact) mass is 178 g/mol. The summed E-state index contributed by atoms with van der Waals surface area (Å²) in [5.74, 6) is 0.120. The zero-order valence-electron chi connectivity index (χ0n) is 7.70. The molecule has 2 nitrogen and oxygen atoms in total. The molecule has 1 rings (SSSR count). The molecule has 0 spiro atoms. The molecule has 0 heterocycles. The first-order valence-electron chi connectivity index (χ1n) is 4.19. The highest BCUT2D eigenvalue weighted by molar-refractivity contribution is 5.36. The van der Waals surface area contributed by atoms with Gasteiger partial charge in [-0.2, -0.15) is 0 Å². The van der Waals surface area contributed by atoms with E-state index in [0.717, 1.165) is 0 Å². The zero-order chi connectivity index (χ0) is 9.90. The Balaban J connectivity index is 3.06. The van der Waals surface area contributed by atoms with Crippen LogP contribution in [-0.2, 0) is 5.60 Å². The number of phenolic OH excluding ortho intramolecular Hbond substituents is 1. The molecule has 0 aliphatic heterocycles. The van der Waals surface area contributed by atoms with Crippen molar-refractivity contribution in [1.29, 1.82) is 0 Å². The summed E-state index contributed by atoms with van der Waals surface area (Å²) in [6, 6.07) is 6.78. The third-order valence-electron chi connectivity index (χ3n) is 2.03. The Morgan fingerprint density at radius 2 is 2.08 bits per heavy atom. The standard InChI is InChI=1S/C11H14O2/c1-3-8-11(2,13)9-6-4-5-7-10(9)12/h3-7,12-13H,1,8H2,2H3/t11-/m0/s1. The molecule has 70 valence electrons. The smallest absolute Gasteiger partial charge is 0.121 e. The minimum Gasteiger partial charge on any atom is -0.508 e. The summed E-state index contributed by atoms with van der Waals surface area (Å²) in [7, 11) is 0. The van der Waals surface area contributed by atoms with Gasteiger partial charge in [0.05, 0.1) is 5.60 Å². The van der Waals surface area contributed by atoms with Crippen LogP contribution in [0.3, 0.4) is 0 Å². The van der Waals surface area contributed by atoms with Gasteiger partial charge < -0.3 is 10.2 Å². The highest BCUT2D eigenvalue weighted by atomic mass is 16.3. The van der Waals surface area contributed by atoms with Crippen LogP contribution in [0.15, 0.2) is 36.9 Å². The number of benzene rings is 1. The van der Waals surface area contributed by atoms with E-state index in [1.54, 1.807) is 37.3 Å². The summed E-state index contributed by atoms with van der Waals surface area (Å²) in [6.07, 6.45) is 2.05. The fourth-order valence-electron chi connectivity index (χ4n) is 1.32. The third-order valence-corrected chi connectivity index (χ3v) is 2.03. The molecule has 2 N–H and O–H groups in total. The molecular formula is C11H14O2. The quantitative estimate of drug-likeness (QED) is 0.696. The number of aliphatic hydroxyl groups is 1. The maximum Gasteiger partial charge on any atom is 0.121 e. The van der Waals surface area contributed by atoms with E-state index in [9.17, 15) is 10.2 Å². The van der Waals surface area contributed by atoms with Crippen molar-refractivity contribution in [2.75, 3.05) is 0 Å². The van der Waals surface area contributed by atoms with Crippen molar-refractivity contribution in [2.24, 2.45) is 0 Å². The van der Waals surface area contributed by atoms with Gasteiger partial charge in [0.15, 0.2) is 0 Å². The van der Waals surface area contributed by atoms with Gasteiger partial charge in [0.1, 0.15) is 5.75 Å².